The fourth-order valence-electron chi connectivity index (χ4n) is 3.14. The van der Waals surface area contributed by atoms with Gasteiger partial charge in [-0.05, 0) is 28.7 Å². The Bertz CT molecular complexity index is 844. The van der Waals surface area contributed by atoms with Crippen LogP contribution in [0.1, 0.15) is 31.9 Å². The number of nitrogens with zero attached hydrogens (tertiary/aromatic N) is 1. The third kappa shape index (κ3) is 4.93. The Balaban J connectivity index is 1.67. The molecule has 3 rings (SSSR count). The average Bonchev–Trinajstić information content (AvgIpc) is 3.11. The lowest BCUT2D eigenvalue weighted by Crippen LogP contribution is -2.40. The molecule has 1 aliphatic rings. The number of benzene rings is 2. The molecule has 1 fully saturated rings. The van der Waals surface area contributed by atoms with Crippen molar-refractivity contribution >= 4 is 21.8 Å². The van der Waals surface area contributed by atoms with Crippen LogP contribution in [0.4, 0.5) is 0 Å². The first-order valence-electron chi connectivity index (χ1n) is 9.27. The summed E-state index contributed by atoms with van der Waals surface area (Å²) >= 11 is 1.70. The van der Waals surface area contributed by atoms with E-state index in [1.807, 2.05) is 30.3 Å². The van der Waals surface area contributed by atoms with Gasteiger partial charge in [0.05, 0.1) is 10.3 Å². The minimum absolute atomic E-state index is 0.00960. The van der Waals surface area contributed by atoms with Gasteiger partial charge in [-0.3, -0.25) is 0 Å². The molecule has 1 aliphatic heterocycles. The monoisotopic (exact) mass is 404 g/mol. The van der Waals surface area contributed by atoms with Gasteiger partial charge in [0.25, 0.3) is 0 Å². The molecule has 1 saturated heterocycles. The second-order valence-electron chi connectivity index (χ2n) is 7.83. The number of rotatable bonds is 6. The molecule has 27 heavy (non-hydrogen) atoms. The SMILES string of the molecule is CC(C)(C)c1ccc(S(=O)(=O)N2CCSC2CNCc2ccccc2)cc1. The van der Waals surface area contributed by atoms with Crippen molar-refractivity contribution in [2.24, 2.45) is 0 Å². The largest absolute Gasteiger partial charge is 0.310 e. The number of hydrogen-bond acceptors (Lipinski definition) is 4. The molecular formula is C21H28N2O2S2. The molecule has 1 N–H and O–H groups in total. The summed E-state index contributed by atoms with van der Waals surface area (Å²) in [6.45, 7) is 8.32. The molecule has 1 atom stereocenters. The number of thioether (sulfide) groups is 1. The third-order valence-electron chi connectivity index (χ3n) is 4.76. The van der Waals surface area contributed by atoms with Gasteiger partial charge < -0.3 is 5.32 Å². The fraction of sp³-hybridized carbons (Fsp3) is 0.429. The molecule has 0 amide bonds. The van der Waals surface area contributed by atoms with E-state index in [1.165, 1.54) is 5.56 Å². The van der Waals surface area contributed by atoms with E-state index in [0.29, 0.717) is 18.0 Å². The molecule has 1 heterocycles. The molecule has 1 unspecified atom stereocenters. The zero-order valence-corrected chi connectivity index (χ0v) is 17.8. The second kappa shape index (κ2) is 8.35. The molecule has 0 aliphatic carbocycles. The van der Waals surface area contributed by atoms with E-state index < -0.39 is 10.0 Å². The topological polar surface area (TPSA) is 49.4 Å². The minimum atomic E-state index is -3.47. The number of nitrogens with one attached hydrogen (secondary N) is 1. The van der Waals surface area contributed by atoms with Crippen LogP contribution < -0.4 is 5.32 Å². The zero-order valence-electron chi connectivity index (χ0n) is 16.2. The van der Waals surface area contributed by atoms with E-state index in [4.69, 9.17) is 0 Å². The second-order valence-corrected chi connectivity index (χ2v) is 11.0. The Morgan fingerprint density at radius 1 is 1.07 bits per heavy atom. The molecule has 0 spiro atoms. The Morgan fingerprint density at radius 3 is 2.37 bits per heavy atom. The first-order valence-corrected chi connectivity index (χ1v) is 11.8. The van der Waals surface area contributed by atoms with Gasteiger partial charge in [0, 0.05) is 25.4 Å². The number of sulfonamides is 1. The van der Waals surface area contributed by atoms with Crippen LogP contribution in [0.15, 0.2) is 59.5 Å². The van der Waals surface area contributed by atoms with Crippen molar-refractivity contribution in [2.75, 3.05) is 18.8 Å². The van der Waals surface area contributed by atoms with E-state index in [2.05, 4.69) is 38.2 Å². The van der Waals surface area contributed by atoms with Crippen LogP contribution in [0.3, 0.4) is 0 Å². The van der Waals surface area contributed by atoms with Gasteiger partial charge in [0.15, 0.2) is 0 Å². The quantitative estimate of drug-likeness (QED) is 0.795. The Kier molecular flexibility index (Phi) is 6.31. The van der Waals surface area contributed by atoms with Crippen LogP contribution in [0, 0.1) is 0 Å². The molecule has 0 saturated carbocycles. The molecule has 0 bridgehead atoms. The first kappa shape index (κ1) is 20.4. The van der Waals surface area contributed by atoms with Crippen molar-refractivity contribution in [3.8, 4) is 0 Å². The smallest absolute Gasteiger partial charge is 0.244 e. The maximum Gasteiger partial charge on any atom is 0.244 e. The summed E-state index contributed by atoms with van der Waals surface area (Å²) in [5, 5.41) is 3.33. The van der Waals surface area contributed by atoms with E-state index in [9.17, 15) is 8.42 Å². The normalized spacial score (nSPS) is 18.7. The predicted octanol–water partition coefficient (Wildman–Crippen LogP) is 3.84. The molecule has 0 radical (unpaired) electrons. The highest BCUT2D eigenvalue weighted by Crippen LogP contribution is 2.31. The molecule has 146 valence electrons. The highest BCUT2D eigenvalue weighted by molar-refractivity contribution is 8.01. The maximum atomic E-state index is 13.1. The number of hydrogen-bond donors (Lipinski definition) is 1. The van der Waals surface area contributed by atoms with Crippen molar-refractivity contribution in [3.63, 3.8) is 0 Å². The summed E-state index contributed by atoms with van der Waals surface area (Å²) in [6, 6.07) is 17.5. The Morgan fingerprint density at radius 2 is 1.74 bits per heavy atom. The van der Waals surface area contributed by atoms with Crippen LogP contribution in [-0.4, -0.2) is 36.9 Å². The predicted molar refractivity (Wildman–Crippen MR) is 113 cm³/mol. The van der Waals surface area contributed by atoms with Crippen LogP contribution in [0.5, 0.6) is 0 Å². The minimum Gasteiger partial charge on any atom is -0.310 e. The Hall–Kier alpha value is -1.34. The van der Waals surface area contributed by atoms with Gasteiger partial charge in [0.1, 0.15) is 0 Å². The zero-order chi connectivity index (χ0) is 19.5. The van der Waals surface area contributed by atoms with Crippen molar-refractivity contribution in [3.05, 3.63) is 65.7 Å². The average molecular weight is 405 g/mol. The summed E-state index contributed by atoms with van der Waals surface area (Å²) < 4.78 is 27.9. The van der Waals surface area contributed by atoms with E-state index in [0.717, 1.165) is 17.9 Å². The summed E-state index contributed by atoms with van der Waals surface area (Å²) in [5.74, 6) is 0.830. The standard InChI is InChI=1S/C21H28N2O2S2/c1-21(2,3)18-9-11-19(12-10-18)27(24,25)23-13-14-26-20(23)16-22-15-17-7-5-4-6-8-17/h4-12,20,22H,13-16H2,1-3H3. The summed E-state index contributed by atoms with van der Waals surface area (Å²) in [6.07, 6.45) is 0. The Labute approximate surface area is 167 Å². The van der Waals surface area contributed by atoms with E-state index in [-0.39, 0.29) is 10.8 Å². The fourth-order valence-corrected chi connectivity index (χ4v) is 6.33. The highest BCUT2D eigenvalue weighted by Gasteiger charge is 2.35. The van der Waals surface area contributed by atoms with Gasteiger partial charge in [0.2, 0.25) is 10.0 Å². The lowest BCUT2D eigenvalue weighted by molar-refractivity contribution is 0.413. The van der Waals surface area contributed by atoms with Crippen molar-refractivity contribution in [1.29, 1.82) is 0 Å². The summed E-state index contributed by atoms with van der Waals surface area (Å²) in [7, 11) is -3.47. The van der Waals surface area contributed by atoms with Gasteiger partial charge >= 0.3 is 0 Å². The van der Waals surface area contributed by atoms with Gasteiger partial charge in [-0.15, -0.1) is 11.8 Å². The van der Waals surface area contributed by atoms with Crippen LogP contribution in [0.2, 0.25) is 0 Å². The van der Waals surface area contributed by atoms with Crippen LogP contribution in [-0.2, 0) is 22.0 Å². The first-order chi connectivity index (χ1) is 12.8. The molecule has 2 aromatic carbocycles. The maximum absolute atomic E-state index is 13.1. The third-order valence-corrected chi connectivity index (χ3v) is 8.04. The lowest BCUT2D eigenvalue weighted by atomic mass is 9.87. The molecule has 2 aromatic rings. The van der Waals surface area contributed by atoms with Gasteiger partial charge in [-0.1, -0.05) is 63.2 Å². The van der Waals surface area contributed by atoms with Gasteiger partial charge in [-0.25, -0.2) is 8.42 Å². The van der Waals surface area contributed by atoms with Crippen molar-refractivity contribution in [1.82, 2.24) is 9.62 Å². The summed E-state index contributed by atoms with van der Waals surface area (Å²) in [5.41, 5.74) is 2.35. The molecule has 6 heteroatoms. The molecule has 4 nitrogen and oxygen atoms in total. The molecule has 0 aromatic heterocycles. The van der Waals surface area contributed by atoms with Crippen LogP contribution in [0.25, 0.3) is 0 Å². The van der Waals surface area contributed by atoms with E-state index in [1.54, 1.807) is 28.2 Å². The van der Waals surface area contributed by atoms with Crippen LogP contribution >= 0.6 is 11.8 Å². The van der Waals surface area contributed by atoms with Crippen molar-refractivity contribution in [2.45, 2.75) is 43.0 Å². The summed E-state index contributed by atoms with van der Waals surface area (Å²) in [4.78, 5) is 0.381. The van der Waals surface area contributed by atoms with Crippen molar-refractivity contribution < 1.29 is 8.42 Å². The molecular weight excluding hydrogens is 376 g/mol. The van der Waals surface area contributed by atoms with E-state index >= 15 is 0 Å². The lowest BCUT2D eigenvalue weighted by Gasteiger charge is -2.24. The highest BCUT2D eigenvalue weighted by atomic mass is 32.2. The van der Waals surface area contributed by atoms with Gasteiger partial charge in [-0.2, -0.15) is 4.31 Å².